The minimum absolute atomic E-state index is 0.00753. The Kier molecular flexibility index (Phi) is 8.74. The quantitative estimate of drug-likeness (QED) is 0.638. The van der Waals surface area contributed by atoms with Gasteiger partial charge in [-0.1, -0.05) is 31.2 Å². The van der Waals surface area contributed by atoms with Crippen molar-refractivity contribution in [2.24, 2.45) is 0 Å². The highest BCUT2D eigenvalue weighted by molar-refractivity contribution is 5.78. The van der Waals surface area contributed by atoms with Gasteiger partial charge in [0.1, 0.15) is 0 Å². The standard InChI is InChI=1S/C17H29N3O2/c1-5-14-6-8-15(9-7-14)16(20(2)3)12-19-17(21)13-18-10-11-22-4/h6-9,16,18H,5,10-13H2,1-4H3,(H,19,21). The van der Waals surface area contributed by atoms with Crippen LogP contribution in [-0.2, 0) is 16.0 Å². The van der Waals surface area contributed by atoms with Crippen LogP contribution in [0.1, 0.15) is 24.1 Å². The van der Waals surface area contributed by atoms with Crippen LogP contribution >= 0.6 is 0 Å². The number of benzene rings is 1. The molecule has 1 aromatic carbocycles. The lowest BCUT2D eigenvalue weighted by molar-refractivity contribution is -0.120. The summed E-state index contributed by atoms with van der Waals surface area (Å²) in [7, 11) is 5.70. The van der Waals surface area contributed by atoms with Crippen LogP contribution in [0.2, 0.25) is 0 Å². The van der Waals surface area contributed by atoms with Crippen LogP contribution in [0, 0.1) is 0 Å². The summed E-state index contributed by atoms with van der Waals surface area (Å²) in [5.41, 5.74) is 2.54. The van der Waals surface area contributed by atoms with Crippen molar-refractivity contribution in [2.45, 2.75) is 19.4 Å². The Morgan fingerprint density at radius 1 is 1.27 bits per heavy atom. The van der Waals surface area contributed by atoms with Crippen LogP contribution in [0.3, 0.4) is 0 Å². The van der Waals surface area contributed by atoms with Gasteiger partial charge in [-0.05, 0) is 31.6 Å². The fourth-order valence-corrected chi connectivity index (χ4v) is 2.22. The number of hydrogen-bond donors (Lipinski definition) is 2. The summed E-state index contributed by atoms with van der Waals surface area (Å²) in [6.45, 7) is 4.35. The Labute approximate surface area is 134 Å². The fourth-order valence-electron chi connectivity index (χ4n) is 2.22. The number of carbonyl (C=O) groups is 1. The Hall–Kier alpha value is -1.43. The number of rotatable bonds is 10. The molecule has 0 heterocycles. The topological polar surface area (TPSA) is 53.6 Å². The number of nitrogens with one attached hydrogen (secondary N) is 2. The van der Waals surface area contributed by atoms with Crippen LogP contribution < -0.4 is 10.6 Å². The molecule has 0 aliphatic rings. The first-order valence-corrected chi connectivity index (χ1v) is 7.80. The van der Waals surface area contributed by atoms with E-state index in [2.05, 4.69) is 46.7 Å². The zero-order valence-electron chi connectivity index (χ0n) is 14.2. The molecule has 0 aromatic heterocycles. The molecule has 0 saturated heterocycles. The maximum Gasteiger partial charge on any atom is 0.234 e. The zero-order chi connectivity index (χ0) is 16.4. The Bertz CT molecular complexity index is 432. The lowest BCUT2D eigenvalue weighted by Gasteiger charge is -2.25. The Balaban J connectivity index is 2.48. The third kappa shape index (κ3) is 6.56. The highest BCUT2D eigenvalue weighted by Crippen LogP contribution is 2.18. The summed E-state index contributed by atoms with van der Waals surface area (Å²) in [5, 5.41) is 6.03. The van der Waals surface area contributed by atoms with E-state index in [1.807, 2.05) is 14.1 Å². The molecule has 22 heavy (non-hydrogen) atoms. The van der Waals surface area contributed by atoms with Crippen LogP contribution in [0.4, 0.5) is 0 Å². The number of nitrogens with zero attached hydrogens (tertiary/aromatic N) is 1. The van der Waals surface area contributed by atoms with E-state index >= 15 is 0 Å². The van der Waals surface area contributed by atoms with Crippen molar-refractivity contribution in [2.75, 3.05) is 47.4 Å². The third-order valence-corrected chi connectivity index (χ3v) is 3.66. The molecule has 0 spiro atoms. The normalized spacial score (nSPS) is 12.4. The molecule has 0 aliphatic carbocycles. The van der Waals surface area contributed by atoms with E-state index in [1.165, 1.54) is 11.1 Å². The van der Waals surface area contributed by atoms with Crippen LogP contribution in [-0.4, -0.2) is 58.3 Å². The van der Waals surface area contributed by atoms with Crippen molar-refractivity contribution >= 4 is 5.91 Å². The molecule has 1 atom stereocenters. The molecule has 0 radical (unpaired) electrons. The fraction of sp³-hybridized carbons (Fsp3) is 0.588. The Morgan fingerprint density at radius 3 is 2.50 bits per heavy atom. The number of carbonyl (C=O) groups excluding carboxylic acids is 1. The van der Waals surface area contributed by atoms with Crippen molar-refractivity contribution in [3.63, 3.8) is 0 Å². The van der Waals surface area contributed by atoms with E-state index in [-0.39, 0.29) is 11.9 Å². The number of ether oxygens (including phenoxy) is 1. The van der Waals surface area contributed by atoms with Gasteiger partial charge < -0.3 is 20.3 Å². The summed E-state index contributed by atoms with van der Waals surface area (Å²) >= 11 is 0. The molecule has 1 amide bonds. The van der Waals surface area contributed by atoms with Gasteiger partial charge in [0, 0.05) is 20.2 Å². The maximum atomic E-state index is 11.8. The molecule has 1 rings (SSSR count). The molecule has 1 aromatic rings. The second-order valence-electron chi connectivity index (χ2n) is 5.55. The summed E-state index contributed by atoms with van der Waals surface area (Å²) < 4.78 is 4.93. The molecule has 0 aliphatic heterocycles. The van der Waals surface area contributed by atoms with E-state index in [4.69, 9.17) is 4.74 Å². The number of methoxy groups -OCH3 is 1. The molecule has 124 valence electrons. The number of amides is 1. The van der Waals surface area contributed by atoms with Crippen LogP contribution in [0.25, 0.3) is 0 Å². The van der Waals surface area contributed by atoms with Crippen molar-refractivity contribution in [3.05, 3.63) is 35.4 Å². The first-order valence-electron chi connectivity index (χ1n) is 7.80. The zero-order valence-corrected chi connectivity index (χ0v) is 14.2. The Morgan fingerprint density at radius 2 is 1.95 bits per heavy atom. The predicted octanol–water partition coefficient (Wildman–Crippen LogP) is 1.20. The average molecular weight is 307 g/mol. The minimum Gasteiger partial charge on any atom is -0.383 e. The number of aryl methyl sites for hydroxylation is 1. The predicted molar refractivity (Wildman–Crippen MR) is 90.0 cm³/mol. The molecule has 2 N–H and O–H groups in total. The third-order valence-electron chi connectivity index (χ3n) is 3.66. The second kappa shape index (κ2) is 10.3. The molecule has 0 bridgehead atoms. The first-order chi connectivity index (χ1) is 10.6. The highest BCUT2D eigenvalue weighted by atomic mass is 16.5. The average Bonchev–Trinajstić information content (AvgIpc) is 2.52. The lowest BCUT2D eigenvalue weighted by atomic mass is 10.0. The van der Waals surface area contributed by atoms with Gasteiger partial charge in [-0.2, -0.15) is 0 Å². The molecule has 0 fully saturated rings. The lowest BCUT2D eigenvalue weighted by Crippen LogP contribution is -2.39. The van der Waals surface area contributed by atoms with Gasteiger partial charge in [-0.3, -0.25) is 4.79 Å². The minimum atomic E-state index is 0.00753. The first kappa shape index (κ1) is 18.6. The highest BCUT2D eigenvalue weighted by Gasteiger charge is 2.15. The molecule has 5 nitrogen and oxygen atoms in total. The van der Waals surface area contributed by atoms with Gasteiger partial charge in [0.25, 0.3) is 0 Å². The maximum absolute atomic E-state index is 11.8. The largest absolute Gasteiger partial charge is 0.383 e. The van der Waals surface area contributed by atoms with Gasteiger partial charge in [0.05, 0.1) is 19.2 Å². The summed E-state index contributed by atoms with van der Waals surface area (Å²) in [6, 6.07) is 8.77. The number of hydrogen-bond acceptors (Lipinski definition) is 4. The smallest absolute Gasteiger partial charge is 0.234 e. The van der Waals surface area contributed by atoms with Gasteiger partial charge in [-0.15, -0.1) is 0 Å². The van der Waals surface area contributed by atoms with E-state index in [0.717, 1.165) is 6.42 Å². The molecular formula is C17H29N3O2. The van der Waals surface area contributed by atoms with Crippen LogP contribution in [0.5, 0.6) is 0 Å². The van der Waals surface area contributed by atoms with Crippen molar-refractivity contribution < 1.29 is 9.53 Å². The van der Waals surface area contributed by atoms with E-state index in [0.29, 0.717) is 26.2 Å². The van der Waals surface area contributed by atoms with Gasteiger partial charge in [-0.25, -0.2) is 0 Å². The van der Waals surface area contributed by atoms with Crippen molar-refractivity contribution in [3.8, 4) is 0 Å². The van der Waals surface area contributed by atoms with Gasteiger partial charge in [0.2, 0.25) is 5.91 Å². The summed E-state index contributed by atoms with van der Waals surface area (Å²) in [5.74, 6) is 0.00753. The summed E-state index contributed by atoms with van der Waals surface area (Å²) in [6.07, 6.45) is 1.04. The van der Waals surface area contributed by atoms with E-state index < -0.39 is 0 Å². The summed E-state index contributed by atoms with van der Waals surface area (Å²) in [4.78, 5) is 14.0. The SMILES string of the molecule is CCc1ccc(C(CNC(=O)CNCCOC)N(C)C)cc1. The molecular weight excluding hydrogens is 278 g/mol. The van der Waals surface area contributed by atoms with E-state index in [9.17, 15) is 4.79 Å². The molecule has 5 heteroatoms. The van der Waals surface area contributed by atoms with Crippen molar-refractivity contribution in [1.82, 2.24) is 15.5 Å². The molecule has 1 unspecified atom stereocenters. The van der Waals surface area contributed by atoms with Gasteiger partial charge in [0.15, 0.2) is 0 Å². The van der Waals surface area contributed by atoms with Crippen molar-refractivity contribution in [1.29, 1.82) is 0 Å². The van der Waals surface area contributed by atoms with Crippen LogP contribution in [0.15, 0.2) is 24.3 Å². The number of likely N-dealkylation sites (N-methyl/N-ethyl adjacent to an activating group) is 1. The van der Waals surface area contributed by atoms with Gasteiger partial charge >= 0.3 is 0 Å². The van der Waals surface area contributed by atoms with E-state index in [1.54, 1.807) is 7.11 Å². The second-order valence-corrected chi connectivity index (χ2v) is 5.55. The monoisotopic (exact) mass is 307 g/mol. The molecule has 0 saturated carbocycles.